The maximum Gasteiger partial charge on any atom is 0.416 e. The van der Waals surface area contributed by atoms with Crippen LogP contribution in [0.1, 0.15) is 11.1 Å². The van der Waals surface area contributed by atoms with Crippen LogP contribution >= 0.6 is 11.3 Å². The predicted octanol–water partition coefficient (Wildman–Crippen LogP) is 7.86. The number of thiazole rings is 1. The zero-order chi connectivity index (χ0) is 23.5. The molecule has 4 aromatic carbocycles. The van der Waals surface area contributed by atoms with Gasteiger partial charge in [0, 0.05) is 11.9 Å². The molecule has 0 bridgehead atoms. The number of benzene rings is 4. The monoisotopic (exact) mass is 474 g/mol. The zero-order valence-corrected chi connectivity index (χ0v) is 19.0. The maximum atomic E-state index is 13.2. The molecule has 170 valence electrons. The molecule has 0 spiro atoms. The molecule has 0 amide bonds. The van der Waals surface area contributed by atoms with Gasteiger partial charge in [-0.1, -0.05) is 72.8 Å². The van der Waals surface area contributed by atoms with Crippen molar-refractivity contribution in [3.05, 3.63) is 118 Å². The van der Waals surface area contributed by atoms with E-state index in [4.69, 9.17) is 0 Å². The van der Waals surface area contributed by atoms with Crippen molar-refractivity contribution in [2.24, 2.45) is 4.99 Å². The molecule has 0 fully saturated rings. The molecule has 0 aliphatic carbocycles. The number of hydrogen-bond donors (Lipinski definition) is 0. The third-order valence-electron chi connectivity index (χ3n) is 5.71. The van der Waals surface area contributed by atoms with Crippen LogP contribution in [-0.4, -0.2) is 4.57 Å². The fraction of sp³-hybridized carbons (Fsp3) is 0.107. The summed E-state index contributed by atoms with van der Waals surface area (Å²) in [5, 5.41) is 4.32. The summed E-state index contributed by atoms with van der Waals surface area (Å²) in [6, 6.07) is 29.8. The summed E-state index contributed by atoms with van der Waals surface area (Å²) in [6.45, 7) is 0.660. The lowest BCUT2D eigenvalue weighted by molar-refractivity contribution is -0.137. The second kappa shape index (κ2) is 9.31. The normalized spacial score (nSPS) is 12.4. The molecule has 0 radical (unpaired) electrons. The summed E-state index contributed by atoms with van der Waals surface area (Å²) in [5.74, 6) is 0. The molecule has 0 unspecified atom stereocenters. The lowest BCUT2D eigenvalue weighted by Crippen LogP contribution is -2.17. The van der Waals surface area contributed by atoms with Gasteiger partial charge in [-0.2, -0.15) is 13.2 Å². The number of alkyl halides is 3. The van der Waals surface area contributed by atoms with Crippen LogP contribution in [0.2, 0.25) is 0 Å². The smallest absolute Gasteiger partial charge is 0.316 e. The first-order valence-corrected chi connectivity index (χ1v) is 11.8. The van der Waals surface area contributed by atoms with E-state index < -0.39 is 11.7 Å². The van der Waals surface area contributed by atoms with Crippen molar-refractivity contribution in [3.8, 4) is 11.3 Å². The number of rotatable bonds is 5. The van der Waals surface area contributed by atoms with E-state index >= 15 is 0 Å². The highest BCUT2D eigenvalue weighted by Gasteiger charge is 2.30. The average Bonchev–Trinajstić information content (AvgIpc) is 3.25. The summed E-state index contributed by atoms with van der Waals surface area (Å²) in [5.41, 5.74) is 2.83. The number of aryl methyl sites for hydroxylation is 1. The molecule has 0 aliphatic heterocycles. The quantitative estimate of drug-likeness (QED) is 0.247. The van der Waals surface area contributed by atoms with Crippen LogP contribution in [0.4, 0.5) is 18.9 Å². The van der Waals surface area contributed by atoms with Gasteiger partial charge in [0.2, 0.25) is 0 Å². The molecule has 2 nitrogen and oxygen atoms in total. The van der Waals surface area contributed by atoms with E-state index in [1.54, 1.807) is 6.07 Å². The van der Waals surface area contributed by atoms with Crippen molar-refractivity contribution >= 4 is 27.8 Å². The predicted molar refractivity (Wildman–Crippen MR) is 132 cm³/mol. The SMILES string of the molecule is FC(F)(F)c1cccc(N=c2scc(-c3ccc4ccccc4c3)n2CCc2ccccc2)c1. The van der Waals surface area contributed by atoms with E-state index in [2.05, 4.69) is 52.0 Å². The Balaban J connectivity index is 1.60. The van der Waals surface area contributed by atoms with Gasteiger partial charge in [0.1, 0.15) is 0 Å². The Morgan fingerprint density at radius 2 is 1.53 bits per heavy atom. The molecular weight excluding hydrogens is 453 g/mol. The molecule has 0 saturated carbocycles. The van der Waals surface area contributed by atoms with Crippen molar-refractivity contribution in [1.29, 1.82) is 0 Å². The lowest BCUT2D eigenvalue weighted by atomic mass is 10.1. The summed E-state index contributed by atoms with van der Waals surface area (Å²) in [7, 11) is 0. The highest BCUT2D eigenvalue weighted by Crippen LogP contribution is 2.31. The number of nitrogens with zero attached hydrogens (tertiary/aromatic N) is 2. The molecule has 0 N–H and O–H groups in total. The highest BCUT2D eigenvalue weighted by atomic mass is 32.1. The lowest BCUT2D eigenvalue weighted by Gasteiger charge is -2.11. The molecule has 1 heterocycles. The topological polar surface area (TPSA) is 17.3 Å². The Kier molecular flexibility index (Phi) is 6.07. The molecule has 5 rings (SSSR count). The molecule has 0 aliphatic rings. The van der Waals surface area contributed by atoms with Crippen LogP contribution in [0.15, 0.2) is 107 Å². The van der Waals surface area contributed by atoms with Gasteiger partial charge in [0.25, 0.3) is 0 Å². The Morgan fingerprint density at radius 1 is 0.765 bits per heavy atom. The zero-order valence-electron chi connectivity index (χ0n) is 18.2. The Hall–Kier alpha value is -3.64. The third kappa shape index (κ3) is 4.82. The van der Waals surface area contributed by atoms with Crippen LogP contribution in [0.3, 0.4) is 0 Å². The Labute approximate surface area is 199 Å². The van der Waals surface area contributed by atoms with Gasteiger partial charge in [-0.05, 0) is 52.6 Å². The third-order valence-corrected chi connectivity index (χ3v) is 6.57. The van der Waals surface area contributed by atoms with E-state index in [-0.39, 0.29) is 5.69 Å². The highest BCUT2D eigenvalue weighted by molar-refractivity contribution is 7.07. The van der Waals surface area contributed by atoms with Gasteiger partial charge in [-0.15, -0.1) is 11.3 Å². The van der Waals surface area contributed by atoms with Crippen LogP contribution in [0.5, 0.6) is 0 Å². The fourth-order valence-corrected chi connectivity index (χ4v) is 4.92. The van der Waals surface area contributed by atoms with Gasteiger partial charge in [0.05, 0.1) is 16.9 Å². The van der Waals surface area contributed by atoms with Crippen LogP contribution in [-0.2, 0) is 19.1 Å². The molecular formula is C28H21F3N2S. The molecule has 6 heteroatoms. The van der Waals surface area contributed by atoms with Crippen molar-refractivity contribution in [2.45, 2.75) is 19.1 Å². The molecule has 5 aromatic rings. The molecule has 1 aromatic heterocycles. The number of halogens is 3. The summed E-state index contributed by atoms with van der Waals surface area (Å²) < 4.78 is 41.7. The first kappa shape index (κ1) is 22.2. The van der Waals surface area contributed by atoms with E-state index in [1.165, 1.54) is 23.0 Å². The molecule has 0 saturated heterocycles. The fourth-order valence-electron chi connectivity index (χ4n) is 3.96. The minimum atomic E-state index is -4.40. The van der Waals surface area contributed by atoms with Crippen molar-refractivity contribution in [3.63, 3.8) is 0 Å². The van der Waals surface area contributed by atoms with Gasteiger partial charge in [-0.3, -0.25) is 0 Å². The van der Waals surface area contributed by atoms with Gasteiger partial charge < -0.3 is 4.57 Å². The van der Waals surface area contributed by atoms with Gasteiger partial charge in [-0.25, -0.2) is 4.99 Å². The van der Waals surface area contributed by atoms with Crippen LogP contribution in [0.25, 0.3) is 22.0 Å². The van der Waals surface area contributed by atoms with Gasteiger partial charge >= 0.3 is 6.18 Å². The molecule has 34 heavy (non-hydrogen) atoms. The number of aromatic nitrogens is 1. The minimum Gasteiger partial charge on any atom is -0.316 e. The van der Waals surface area contributed by atoms with E-state index in [0.717, 1.165) is 40.6 Å². The number of hydrogen-bond acceptors (Lipinski definition) is 2. The summed E-state index contributed by atoms with van der Waals surface area (Å²) in [6.07, 6.45) is -3.62. The summed E-state index contributed by atoms with van der Waals surface area (Å²) >= 11 is 1.43. The van der Waals surface area contributed by atoms with Crippen molar-refractivity contribution in [1.82, 2.24) is 4.57 Å². The standard InChI is InChI=1S/C28H21F3N2S/c29-28(30,31)24-11-6-12-25(18-24)32-27-33(16-15-20-7-2-1-3-8-20)26(19-34-27)23-14-13-21-9-4-5-10-22(21)17-23/h1-14,17-19H,15-16H2. The van der Waals surface area contributed by atoms with Crippen LogP contribution in [0, 0.1) is 0 Å². The maximum absolute atomic E-state index is 13.2. The largest absolute Gasteiger partial charge is 0.416 e. The second-order valence-electron chi connectivity index (χ2n) is 8.01. The summed E-state index contributed by atoms with van der Waals surface area (Å²) in [4.78, 5) is 5.28. The second-order valence-corrected chi connectivity index (χ2v) is 8.85. The average molecular weight is 475 g/mol. The Morgan fingerprint density at radius 3 is 2.32 bits per heavy atom. The minimum absolute atomic E-state index is 0.287. The molecule has 0 atom stereocenters. The van der Waals surface area contributed by atoms with E-state index in [1.807, 2.05) is 35.7 Å². The number of fused-ring (bicyclic) bond motifs is 1. The Bertz CT molecular complexity index is 1500. The van der Waals surface area contributed by atoms with Crippen molar-refractivity contribution in [2.75, 3.05) is 0 Å². The first-order chi connectivity index (χ1) is 16.5. The van der Waals surface area contributed by atoms with E-state index in [9.17, 15) is 13.2 Å². The van der Waals surface area contributed by atoms with Crippen molar-refractivity contribution < 1.29 is 13.2 Å². The van der Waals surface area contributed by atoms with E-state index in [0.29, 0.717) is 11.3 Å². The first-order valence-electron chi connectivity index (χ1n) is 10.9. The van der Waals surface area contributed by atoms with Gasteiger partial charge in [0.15, 0.2) is 4.80 Å². The van der Waals surface area contributed by atoms with Crippen LogP contribution < -0.4 is 4.80 Å².